The van der Waals surface area contributed by atoms with Gasteiger partial charge < -0.3 is 10.1 Å². The van der Waals surface area contributed by atoms with Crippen LogP contribution in [0.4, 0.5) is 4.39 Å². The fraction of sp³-hybridized carbons (Fsp3) is 0.571. The third-order valence-electron chi connectivity index (χ3n) is 4.75. The van der Waals surface area contributed by atoms with E-state index in [9.17, 15) is 9.18 Å². The van der Waals surface area contributed by atoms with Crippen molar-refractivity contribution >= 4 is 5.91 Å². The SMILES string of the molecule is CC(C)NC(=O)c1cn(CC2CC(F)CN2Cc2ccc(OC(C)C)cc2)nn1. The van der Waals surface area contributed by atoms with E-state index in [0.717, 1.165) is 11.3 Å². The summed E-state index contributed by atoms with van der Waals surface area (Å²) in [7, 11) is 0. The Kier molecular flexibility index (Phi) is 6.84. The maximum Gasteiger partial charge on any atom is 0.273 e. The van der Waals surface area contributed by atoms with Gasteiger partial charge in [0.15, 0.2) is 5.69 Å². The topological polar surface area (TPSA) is 72.3 Å². The van der Waals surface area contributed by atoms with Crippen molar-refractivity contribution in [3.8, 4) is 5.75 Å². The van der Waals surface area contributed by atoms with E-state index in [1.165, 1.54) is 0 Å². The van der Waals surface area contributed by atoms with Gasteiger partial charge in [-0.3, -0.25) is 14.4 Å². The molecule has 1 N–H and O–H groups in total. The van der Waals surface area contributed by atoms with Gasteiger partial charge in [-0.1, -0.05) is 17.3 Å². The second-order valence-electron chi connectivity index (χ2n) is 8.18. The number of benzene rings is 1. The van der Waals surface area contributed by atoms with Crippen LogP contribution in [-0.2, 0) is 13.1 Å². The van der Waals surface area contributed by atoms with Crippen molar-refractivity contribution in [2.45, 2.75) is 71.6 Å². The molecule has 2 aromatic rings. The molecule has 0 spiro atoms. The van der Waals surface area contributed by atoms with E-state index in [-0.39, 0.29) is 29.8 Å². The van der Waals surface area contributed by atoms with E-state index in [1.54, 1.807) is 10.9 Å². The fourth-order valence-corrected chi connectivity index (χ4v) is 3.53. The predicted molar refractivity (Wildman–Crippen MR) is 109 cm³/mol. The second kappa shape index (κ2) is 9.35. The molecule has 0 radical (unpaired) electrons. The van der Waals surface area contributed by atoms with Crippen LogP contribution in [0.25, 0.3) is 0 Å². The van der Waals surface area contributed by atoms with Crippen molar-refractivity contribution in [3.05, 3.63) is 41.7 Å². The Hall–Kier alpha value is -2.48. The summed E-state index contributed by atoms with van der Waals surface area (Å²) in [5, 5.41) is 10.8. The molecular formula is C21H30FN5O2. The average Bonchev–Trinajstić information content (AvgIpc) is 3.23. The van der Waals surface area contributed by atoms with Crippen molar-refractivity contribution < 1.29 is 13.9 Å². The summed E-state index contributed by atoms with van der Waals surface area (Å²) in [5.41, 5.74) is 1.39. The van der Waals surface area contributed by atoms with Crippen LogP contribution in [-0.4, -0.2) is 56.7 Å². The van der Waals surface area contributed by atoms with E-state index in [1.807, 2.05) is 52.0 Å². The summed E-state index contributed by atoms with van der Waals surface area (Å²) in [5.74, 6) is 0.585. The van der Waals surface area contributed by atoms with Crippen LogP contribution >= 0.6 is 0 Å². The monoisotopic (exact) mass is 403 g/mol. The summed E-state index contributed by atoms with van der Waals surface area (Å²) < 4.78 is 21.4. The molecule has 0 bridgehead atoms. The lowest BCUT2D eigenvalue weighted by molar-refractivity contribution is 0.0938. The van der Waals surface area contributed by atoms with Gasteiger partial charge in [-0.2, -0.15) is 0 Å². The summed E-state index contributed by atoms with van der Waals surface area (Å²) in [6, 6.07) is 7.96. The van der Waals surface area contributed by atoms with Crippen LogP contribution in [0.15, 0.2) is 30.5 Å². The van der Waals surface area contributed by atoms with Crippen LogP contribution in [0.5, 0.6) is 5.75 Å². The molecule has 1 aliphatic heterocycles. The van der Waals surface area contributed by atoms with E-state index < -0.39 is 6.17 Å². The number of likely N-dealkylation sites (tertiary alicyclic amines) is 1. The Bertz CT molecular complexity index is 806. The van der Waals surface area contributed by atoms with Crippen molar-refractivity contribution in [3.63, 3.8) is 0 Å². The maximum atomic E-state index is 14.1. The molecule has 1 fully saturated rings. The normalized spacial score (nSPS) is 19.8. The Morgan fingerprint density at radius 2 is 2.00 bits per heavy atom. The minimum atomic E-state index is -0.865. The number of hydrogen-bond acceptors (Lipinski definition) is 5. The molecule has 1 amide bonds. The number of aromatic nitrogens is 3. The molecular weight excluding hydrogens is 373 g/mol. The molecule has 2 unspecified atom stereocenters. The van der Waals surface area contributed by atoms with Gasteiger partial charge in [-0.15, -0.1) is 5.10 Å². The quantitative estimate of drug-likeness (QED) is 0.734. The number of carbonyl (C=O) groups excluding carboxylic acids is 1. The van der Waals surface area contributed by atoms with Gasteiger partial charge in [0.1, 0.15) is 11.9 Å². The molecule has 2 heterocycles. The van der Waals surface area contributed by atoms with Crippen molar-refractivity contribution in [2.24, 2.45) is 0 Å². The zero-order valence-electron chi connectivity index (χ0n) is 17.5. The smallest absolute Gasteiger partial charge is 0.273 e. The Morgan fingerprint density at radius 1 is 1.28 bits per heavy atom. The van der Waals surface area contributed by atoms with E-state index >= 15 is 0 Å². The zero-order chi connectivity index (χ0) is 21.0. The zero-order valence-corrected chi connectivity index (χ0v) is 17.5. The maximum absolute atomic E-state index is 14.1. The predicted octanol–water partition coefficient (Wildman–Crippen LogP) is 2.82. The van der Waals surface area contributed by atoms with Crippen molar-refractivity contribution in [2.75, 3.05) is 6.54 Å². The molecule has 158 valence electrons. The first-order valence-electron chi connectivity index (χ1n) is 10.1. The number of nitrogens with zero attached hydrogens (tertiary/aromatic N) is 4. The molecule has 1 saturated heterocycles. The molecule has 1 aromatic carbocycles. The lowest BCUT2D eigenvalue weighted by Gasteiger charge is -2.24. The molecule has 7 nitrogen and oxygen atoms in total. The van der Waals surface area contributed by atoms with Crippen LogP contribution in [0, 0.1) is 0 Å². The highest BCUT2D eigenvalue weighted by Crippen LogP contribution is 2.25. The minimum absolute atomic E-state index is 0.000648. The summed E-state index contributed by atoms with van der Waals surface area (Å²) in [6.45, 7) is 9.31. The average molecular weight is 404 g/mol. The van der Waals surface area contributed by atoms with E-state index in [0.29, 0.717) is 26.1 Å². The highest BCUT2D eigenvalue weighted by molar-refractivity contribution is 5.91. The number of ether oxygens (including phenoxy) is 1. The van der Waals surface area contributed by atoms with Crippen LogP contribution in [0.3, 0.4) is 0 Å². The Balaban J connectivity index is 1.62. The van der Waals surface area contributed by atoms with Crippen LogP contribution < -0.4 is 10.1 Å². The summed E-state index contributed by atoms with van der Waals surface area (Å²) in [6.07, 6.45) is 1.34. The third kappa shape index (κ3) is 6.00. The molecule has 0 saturated carbocycles. The van der Waals surface area contributed by atoms with E-state index in [2.05, 4.69) is 20.5 Å². The Labute approximate surface area is 171 Å². The number of amides is 1. The van der Waals surface area contributed by atoms with Crippen molar-refractivity contribution in [1.29, 1.82) is 0 Å². The number of halogens is 1. The number of nitrogens with one attached hydrogen (secondary N) is 1. The van der Waals surface area contributed by atoms with Gasteiger partial charge in [0.2, 0.25) is 0 Å². The number of hydrogen-bond donors (Lipinski definition) is 1. The lowest BCUT2D eigenvalue weighted by Crippen LogP contribution is -2.33. The number of alkyl halides is 1. The Morgan fingerprint density at radius 3 is 2.66 bits per heavy atom. The molecule has 1 aliphatic rings. The van der Waals surface area contributed by atoms with E-state index in [4.69, 9.17) is 4.74 Å². The highest BCUT2D eigenvalue weighted by Gasteiger charge is 2.32. The van der Waals surface area contributed by atoms with Crippen molar-refractivity contribution in [1.82, 2.24) is 25.2 Å². The van der Waals surface area contributed by atoms with Gasteiger partial charge in [-0.05, 0) is 51.8 Å². The van der Waals surface area contributed by atoms with Gasteiger partial charge in [-0.25, -0.2) is 4.39 Å². The van der Waals surface area contributed by atoms with Gasteiger partial charge in [0.05, 0.1) is 18.8 Å². The first-order valence-corrected chi connectivity index (χ1v) is 10.1. The second-order valence-corrected chi connectivity index (χ2v) is 8.18. The molecule has 2 atom stereocenters. The molecule has 3 rings (SSSR count). The molecule has 0 aliphatic carbocycles. The largest absolute Gasteiger partial charge is 0.491 e. The van der Waals surface area contributed by atoms with Gasteiger partial charge in [0.25, 0.3) is 5.91 Å². The van der Waals surface area contributed by atoms with Crippen LogP contribution in [0.2, 0.25) is 0 Å². The standard InChI is InChI=1S/C21H30FN5O2/c1-14(2)23-21(28)20-13-27(25-24-20)12-18-9-17(22)11-26(18)10-16-5-7-19(8-6-16)29-15(3)4/h5-8,13-15,17-18H,9-12H2,1-4H3,(H,23,28). The first-order chi connectivity index (χ1) is 13.8. The summed E-state index contributed by atoms with van der Waals surface area (Å²) >= 11 is 0. The van der Waals surface area contributed by atoms with Gasteiger partial charge in [0, 0.05) is 25.2 Å². The third-order valence-corrected chi connectivity index (χ3v) is 4.75. The van der Waals surface area contributed by atoms with Gasteiger partial charge >= 0.3 is 0 Å². The number of carbonyl (C=O) groups is 1. The fourth-order valence-electron chi connectivity index (χ4n) is 3.53. The molecule has 1 aromatic heterocycles. The highest BCUT2D eigenvalue weighted by atomic mass is 19.1. The summed E-state index contributed by atoms with van der Waals surface area (Å²) in [4.78, 5) is 14.2. The lowest BCUT2D eigenvalue weighted by atomic mass is 10.1. The first kappa shape index (κ1) is 21.2. The van der Waals surface area contributed by atoms with Crippen LogP contribution in [0.1, 0.15) is 50.2 Å². The minimum Gasteiger partial charge on any atom is -0.491 e. The molecule has 8 heteroatoms. The molecule has 29 heavy (non-hydrogen) atoms. The number of rotatable bonds is 8.